The van der Waals surface area contributed by atoms with Gasteiger partial charge in [0.1, 0.15) is 29.6 Å². The molecular weight excluding hydrogens is 1550 g/mol. The zero-order valence-corrected chi connectivity index (χ0v) is 46.1. The van der Waals surface area contributed by atoms with Gasteiger partial charge in [-0.05, 0) is 80.5 Å². The summed E-state index contributed by atoms with van der Waals surface area (Å²) in [5.74, 6) is 1.62. The number of benzene rings is 4. The number of fused-ring (bicyclic) bond motifs is 2. The van der Waals surface area contributed by atoms with Crippen molar-refractivity contribution in [1.29, 1.82) is 0 Å². The molecule has 0 aliphatic heterocycles. The molecule has 0 atom stereocenters. The van der Waals surface area contributed by atoms with E-state index in [1.807, 2.05) is 0 Å². The molecule has 8 nitrogen and oxygen atoms in total. The standard InChI is InChI=1S/C28H28P2.C7H8.4BFO2.8Rh/c1-5-15-25(16-6-1)29(26-17-7-2-8-18-26)23-13-14-24-30(27-19-9-3-10-20-27)28-21-11-4-12-22-28;1-2-7-4-3-6(1)5-7;4*2-1(3)4;;;;;;;;/h1-12,15-22H,13-14,23-24H2;1-4,6-7H,5H2;;;;;;;;;;;;/q;;4*-2;8*+1. The van der Waals surface area contributed by atoms with Crippen LogP contribution in [0, 0.1) is 11.8 Å². The van der Waals surface area contributed by atoms with Crippen molar-refractivity contribution in [2.45, 2.75) is 19.3 Å². The van der Waals surface area contributed by atoms with E-state index in [0.717, 1.165) is 11.8 Å². The fraction of sp³-hybridized carbons (Fsp3) is 0.200. The van der Waals surface area contributed by atoms with Gasteiger partial charge >= 0.3 is 156 Å². The van der Waals surface area contributed by atoms with E-state index < -0.39 is 29.6 Å². The van der Waals surface area contributed by atoms with Gasteiger partial charge in [-0.2, -0.15) is 0 Å². The molecule has 4 aromatic carbocycles. The van der Waals surface area contributed by atoms with Gasteiger partial charge in [-0.15, -0.1) is 0 Å². The van der Waals surface area contributed by atoms with E-state index in [1.54, 1.807) is 0 Å². The quantitative estimate of drug-likeness (QED) is 0.0632. The number of rotatable bonds is 9. The van der Waals surface area contributed by atoms with E-state index in [4.69, 9.17) is 40.2 Å². The second kappa shape index (κ2) is 51.3. The van der Waals surface area contributed by atoms with Gasteiger partial charge in [-0.3, -0.25) is 0 Å². The van der Waals surface area contributed by atoms with Crippen LogP contribution in [0.3, 0.4) is 0 Å². The van der Waals surface area contributed by atoms with Crippen LogP contribution in [0.4, 0.5) is 17.3 Å². The van der Waals surface area contributed by atoms with E-state index in [2.05, 4.69) is 146 Å². The molecule has 6 rings (SSSR count). The Morgan fingerprint density at radius 1 is 0.361 bits per heavy atom. The van der Waals surface area contributed by atoms with Gasteiger partial charge in [0, 0.05) is 0 Å². The van der Waals surface area contributed by atoms with Gasteiger partial charge in [0.05, 0.1) is 0 Å². The Hall–Kier alpha value is 1.87. The molecule has 2 aliphatic rings. The Kier molecular flexibility index (Phi) is 67.2. The molecule has 0 saturated carbocycles. The second-order valence-electron chi connectivity index (χ2n) is 10.8. The Morgan fingerprint density at radius 3 is 0.656 bits per heavy atom. The Balaban J connectivity index is -0.000000126. The number of halogens is 4. The van der Waals surface area contributed by atoms with Crippen molar-refractivity contribution in [2.75, 3.05) is 12.3 Å². The molecule has 0 aromatic heterocycles. The third-order valence-corrected chi connectivity index (χ3v) is 12.3. The summed E-state index contributed by atoms with van der Waals surface area (Å²) in [6.07, 6.45) is 15.6. The predicted octanol–water partition coefficient (Wildman–Crippen LogP) is -1.59. The minimum Gasteiger partial charge on any atom is -0.867 e. The predicted molar refractivity (Wildman–Crippen MR) is 194 cm³/mol. The maximum absolute atomic E-state index is 9.89. The zero-order valence-electron chi connectivity index (χ0n) is 31.2. The number of allylic oxidation sites excluding steroid dienone is 4. The summed E-state index contributed by atoms with van der Waals surface area (Å²) in [5.41, 5.74) is 0. The van der Waals surface area contributed by atoms with Crippen LogP contribution in [0.1, 0.15) is 19.3 Å². The summed E-state index contributed by atoms with van der Waals surface area (Å²) in [6.45, 7) is 0. The van der Waals surface area contributed by atoms with Crippen molar-refractivity contribution in [3.63, 3.8) is 0 Å². The van der Waals surface area contributed by atoms with Gasteiger partial charge in [0.2, 0.25) is 0 Å². The first-order chi connectivity index (χ1) is 25.3. The van der Waals surface area contributed by atoms with Crippen LogP contribution >= 0.6 is 15.8 Å². The van der Waals surface area contributed by atoms with E-state index in [0.29, 0.717) is 0 Å². The van der Waals surface area contributed by atoms with Crippen LogP contribution in [-0.4, -0.2) is 41.9 Å². The molecule has 346 valence electrons. The minimum absolute atomic E-state index is 0. The van der Waals surface area contributed by atoms with Crippen LogP contribution in [-0.2, 0) is 156 Å². The first kappa shape index (κ1) is 79.9. The van der Waals surface area contributed by atoms with Crippen molar-refractivity contribution in [1.82, 2.24) is 0 Å². The van der Waals surface area contributed by atoms with E-state index in [9.17, 15) is 17.3 Å². The third-order valence-electron chi connectivity index (χ3n) is 7.04. The normalized spacial score (nSPS) is 12.2. The van der Waals surface area contributed by atoms with E-state index in [1.165, 1.54) is 52.8 Å². The molecule has 26 heteroatoms. The molecule has 0 amide bonds. The van der Waals surface area contributed by atoms with Crippen molar-refractivity contribution >= 4 is 66.6 Å². The number of hydrogen-bond acceptors (Lipinski definition) is 8. The average Bonchev–Trinajstić information content (AvgIpc) is 3.78. The van der Waals surface area contributed by atoms with Crippen molar-refractivity contribution in [2.24, 2.45) is 11.8 Å². The molecule has 0 heterocycles. The molecule has 4 aromatic rings. The largest absolute Gasteiger partial charge is 1.00 e. The van der Waals surface area contributed by atoms with Crippen LogP contribution in [0.25, 0.3) is 0 Å². The molecule has 2 aliphatic carbocycles. The summed E-state index contributed by atoms with van der Waals surface area (Å²) >= 11 is 0. The smallest absolute Gasteiger partial charge is 0.867 e. The van der Waals surface area contributed by atoms with Crippen LogP contribution in [0.2, 0.25) is 0 Å². The molecule has 0 spiro atoms. The fourth-order valence-corrected chi connectivity index (χ4v) is 9.95. The first-order valence-electron chi connectivity index (χ1n) is 16.2. The van der Waals surface area contributed by atoms with Gasteiger partial charge < -0.3 is 57.5 Å². The van der Waals surface area contributed by atoms with Crippen LogP contribution in [0.5, 0.6) is 0 Å². The van der Waals surface area contributed by atoms with Crippen molar-refractivity contribution in [3.05, 3.63) is 146 Å². The summed E-state index contributed by atoms with van der Waals surface area (Å²) in [4.78, 5) is 0. The minimum atomic E-state index is -3.17. The second-order valence-corrected chi connectivity index (χ2v) is 15.5. The molecule has 0 fully saturated rings. The van der Waals surface area contributed by atoms with Gasteiger partial charge in [0.15, 0.2) is 0 Å². The van der Waals surface area contributed by atoms with Crippen LogP contribution in [0.15, 0.2) is 146 Å². The fourth-order valence-electron chi connectivity index (χ4n) is 5.11. The summed E-state index contributed by atoms with van der Waals surface area (Å²) < 4.78 is 39.6. The maximum Gasteiger partial charge on any atom is 1.00 e. The molecule has 0 unspecified atom stereocenters. The average molecular weight is 1590 g/mol. The molecule has 2 bridgehead atoms. The van der Waals surface area contributed by atoms with Gasteiger partial charge in [-0.25, -0.2) is 0 Å². The third kappa shape index (κ3) is 44.2. The van der Waals surface area contributed by atoms with Crippen molar-refractivity contribution in [3.8, 4) is 0 Å². The summed E-state index contributed by atoms with van der Waals surface area (Å²) in [5, 5.41) is 72.4. The summed E-state index contributed by atoms with van der Waals surface area (Å²) in [7, 11) is -13.2. The Bertz CT molecular complexity index is 1320. The summed E-state index contributed by atoms with van der Waals surface area (Å²) in [6, 6.07) is 44.3. The van der Waals surface area contributed by atoms with E-state index in [-0.39, 0.29) is 172 Å². The van der Waals surface area contributed by atoms with Crippen LogP contribution < -0.4 is 61.4 Å². The monoisotopic (exact) mass is 1590 g/mol. The molecule has 61 heavy (non-hydrogen) atoms. The first-order valence-corrected chi connectivity index (χ1v) is 19.3. The zero-order chi connectivity index (χ0) is 39.4. The molecule has 0 saturated heterocycles. The van der Waals surface area contributed by atoms with Gasteiger partial charge in [0.25, 0.3) is 0 Å². The number of unbranched alkanes of at least 4 members (excludes halogenated alkanes) is 1. The molecular formula is C35H36B4F4O8P2Rh8. The van der Waals surface area contributed by atoms with E-state index >= 15 is 0 Å². The molecule has 0 radical (unpaired) electrons. The Labute approximate surface area is 463 Å². The Morgan fingerprint density at radius 2 is 0.525 bits per heavy atom. The number of hydrogen-bond donors (Lipinski definition) is 0. The van der Waals surface area contributed by atoms with Gasteiger partial charge in [-0.1, -0.05) is 146 Å². The van der Waals surface area contributed by atoms with Crippen molar-refractivity contribution < 1.29 is 213 Å². The molecule has 0 N–H and O–H groups in total. The topological polar surface area (TPSA) is 184 Å². The SMILES string of the molecule is C1=CC2C=CC1C2.[O-]B([O-])F.[O-]B([O-])F.[O-]B([O-])F.[O-]B([O-])F.[Rh+].[Rh+].[Rh+].[Rh+].[Rh+].[Rh+].[Rh+].[Rh+].c1ccc(P(CCCCP(c2ccccc2)c2ccccc2)c2ccccc2)cc1. The maximum atomic E-state index is 9.89.